The first kappa shape index (κ1) is 15.0. The minimum absolute atomic E-state index is 0.109. The van der Waals surface area contributed by atoms with Gasteiger partial charge in [-0.2, -0.15) is 0 Å². The van der Waals surface area contributed by atoms with E-state index in [4.69, 9.17) is 15.3 Å². The van der Waals surface area contributed by atoms with Gasteiger partial charge in [-0.1, -0.05) is 12.2 Å². The minimum atomic E-state index is -1.41. The quantitative estimate of drug-likeness (QED) is 0.356. The Morgan fingerprint density at radius 3 is 2.19 bits per heavy atom. The number of rotatable bonds is 7. The third-order valence-corrected chi connectivity index (χ3v) is 1.89. The molecule has 0 aromatic carbocycles. The van der Waals surface area contributed by atoms with Crippen LogP contribution in [0.2, 0.25) is 0 Å². The molecule has 0 aliphatic carbocycles. The predicted molar refractivity (Wildman–Crippen MR) is 55.7 cm³/mol. The summed E-state index contributed by atoms with van der Waals surface area (Å²) in [7, 11) is 0. The number of aliphatic hydroxyl groups excluding tert-OH is 4. The standard InChI is InChI=1S/C10H18O6/c1-6(11)4-7(12)2-3-8(13)9(14)5-10(15)16/h2-3,6-9,11-14H,4-5H2,1H3,(H,15,16)/b3-2+/t6-,7+,8+,9+/m1/s1. The summed E-state index contributed by atoms with van der Waals surface area (Å²) in [6.07, 6.45) is -2.51. The number of carboxylic acids is 1. The van der Waals surface area contributed by atoms with Gasteiger partial charge in [0.1, 0.15) is 0 Å². The Hall–Kier alpha value is -0.950. The number of hydrogen-bond donors (Lipinski definition) is 5. The molecule has 6 heteroatoms. The fourth-order valence-electron chi connectivity index (χ4n) is 1.10. The lowest BCUT2D eigenvalue weighted by atomic mass is 10.1. The van der Waals surface area contributed by atoms with E-state index in [1.165, 1.54) is 13.0 Å². The number of carboxylic acid groups (broad SMARTS) is 1. The van der Waals surface area contributed by atoms with Crippen molar-refractivity contribution < 1.29 is 30.3 Å². The molecular weight excluding hydrogens is 216 g/mol. The van der Waals surface area contributed by atoms with E-state index in [2.05, 4.69) is 0 Å². The van der Waals surface area contributed by atoms with Gasteiger partial charge in [-0.05, 0) is 6.92 Å². The van der Waals surface area contributed by atoms with Crippen molar-refractivity contribution in [2.24, 2.45) is 0 Å². The maximum absolute atomic E-state index is 10.2. The summed E-state index contributed by atoms with van der Waals surface area (Å²) >= 11 is 0. The van der Waals surface area contributed by atoms with Crippen LogP contribution in [0, 0.1) is 0 Å². The first-order chi connectivity index (χ1) is 7.32. The number of aliphatic hydroxyl groups is 4. The smallest absolute Gasteiger partial charge is 0.306 e. The highest BCUT2D eigenvalue weighted by atomic mass is 16.4. The van der Waals surface area contributed by atoms with Gasteiger partial charge in [-0.3, -0.25) is 4.79 Å². The van der Waals surface area contributed by atoms with Crippen molar-refractivity contribution in [1.29, 1.82) is 0 Å². The summed E-state index contributed by atoms with van der Waals surface area (Å²) in [4.78, 5) is 10.2. The first-order valence-corrected chi connectivity index (χ1v) is 4.95. The van der Waals surface area contributed by atoms with Crippen LogP contribution in [0.1, 0.15) is 19.8 Å². The maximum atomic E-state index is 10.2. The molecule has 0 bridgehead atoms. The van der Waals surface area contributed by atoms with Gasteiger partial charge in [0.25, 0.3) is 0 Å². The Bertz CT molecular complexity index is 237. The Balaban J connectivity index is 4.06. The van der Waals surface area contributed by atoms with Crippen molar-refractivity contribution in [2.45, 2.75) is 44.2 Å². The van der Waals surface area contributed by atoms with E-state index in [0.29, 0.717) is 0 Å². The first-order valence-electron chi connectivity index (χ1n) is 4.95. The normalized spacial score (nSPS) is 19.3. The molecular formula is C10H18O6. The monoisotopic (exact) mass is 234 g/mol. The summed E-state index contributed by atoms with van der Waals surface area (Å²) < 4.78 is 0. The zero-order chi connectivity index (χ0) is 12.7. The summed E-state index contributed by atoms with van der Waals surface area (Å²) in [6, 6.07) is 0. The zero-order valence-electron chi connectivity index (χ0n) is 9.02. The SMILES string of the molecule is C[C@@H](O)C[C@@H](O)/C=C/[C@H](O)[C@@H](O)CC(=O)O. The lowest BCUT2D eigenvalue weighted by Crippen LogP contribution is -2.27. The highest BCUT2D eigenvalue weighted by Crippen LogP contribution is 2.04. The molecule has 16 heavy (non-hydrogen) atoms. The van der Waals surface area contributed by atoms with Gasteiger partial charge >= 0.3 is 5.97 Å². The molecule has 0 radical (unpaired) electrons. The molecule has 0 unspecified atom stereocenters. The molecule has 0 rings (SSSR count). The number of hydrogen-bond acceptors (Lipinski definition) is 5. The lowest BCUT2D eigenvalue weighted by Gasteiger charge is -2.13. The van der Waals surface area contributed by atoms with Crippen LogP contribution in [0.5, 0.6) is 0 Å². The summed E-state index contributed by atoms with van der Waals surface area (Å²) in [5, 5.41) is 45.0. The number of aliphatic carboxylic acids is 1. The van der Waals surface area contributed by atoms with E-state index in [9.17, 15) is 15.0 Å². The summed E-state index contributed by atoms with van der Waals surface area (Å²) in [5.41, 5.74) is 0. The molecule has 0 saturated carbocycles. The fourth-order valence-corrected chi connectivity index (χ4v) is 1.10. The molecule has 0 heterocycles. The average molecular weight is 234 g/mol. The number of carbonyl (C=O) groups is 1. The fraction of sp³-hybridized carbons (Fsp3) is 0.700. The Morgan fingerprint density at radius 2 is 1.75 bits per heavy atom. The van der Waals surface area contributed by atoms with Gasteiger partial charge in [0.2, 0.25) is 0 Å². The molecule has 4 atom stereocenters. The predicted octanol–water partition coefficient (Wildman–Crippen LogP) is -1.13. The third-order valence-electron chi connectivity index (χ3n) is 1.89. The molecule has 0 aromatic heterocycles. The molecule has 94 valence electrons. The van der Waals surface area contributed by atoms with Crippen molar-refractivity contribution in [3.8, 4) is 0 Å². The Morgan fingerprint density at radius 1 is 1.19 bits per heavy atom. The van der Waals surface area contributed by atoms with E-state index in [-0.39, 0.29) is 6.42 Å². The second kappa shape index (κ2) is 7.34. The molecule has 0 aliphatic rings. The average Bonchev–Trinajstić information content (AvgIpc) is 2.11. The Kier molecular flexibility index (Phi) is 6.91. The van der Waals surface area contributed by atoms with Crippen LogP contribution in [0.25, 0.3) is 0 Å². The van der Waals surface area contributed by atoms with Gasteiger partial charge in [-0.15, -0.1) is 0 Å². The maximum Gasteiger partial charge on any atom is 0.306 e. The van der Waals surface area contributed by atoms with E-state index < -0.39 is 36.8 Å². The molecule has 0 fully saturated rings. The minimum Gasteiger partial charge on any atom is -0.481 e. The molecule has 6 nitrogen and oxygen atoms in total. The molecule has 0 spiro atoms. The molecule has 0 saturated heterocycles. The van der Waals surface area contributed by atoms with Gasteiger partial charge < -0.3 is 25.5 Å². The zero-order valence-corrected chi connectivity index (χ0v) is 9.02. The molecule has 5 N–H and O–H groups in total. The molecule has 0 aromatic rings. The van der Waals surface area contributed by atoms with Crippen LogP contribution in [-0.2, 0) is 4.79 Å². The second-order valence-electron chi connectivity index (χ2n) is 3.69. The molecule has 0 aliphatic heterocycles. The van der Waals surface area contributed by atoms with Crippen molar-refractivity contribution in [3.63, 3.8) is 0 Å². The van der Waals surface area contributed by atoms with Crippen LogP contribution in [0.15, 0.2) is 12.2 Å². The van der Waals surface area contributed by atoms with E-state index in [0.717, 1.165) is 6.08 Å². The van der Waals surface area contributed by atoms with Crippen molar-refractivity contribution in [1.82, 2.24) is 0 Å². The third kappa shape index (κ3) is 7.36. The van der Waals surface area contributed by atoms with Gasteiger partial charge in [0.15, 0.2) is 0 Å². The highest BCUT2D eigenvalue weighted by Gasteiger charge is 2.17. The van der Waals surface area contributed by atoms with Crippen molar-refractivity contribution in [2.75, 3.05) is 0 Å². The van der Waals surface area contributed by atoms with Crippen LogP contribution in [0.3, 0.4) is 0 Å². The van der Waals surface area contributed by atoms with Crippen LogP contribution < -0.4 is 0 Å². The van der Waals surface area contributed by atoms with E-state index in [1.807, 2.05) is 0 Å². The van der Waals surface area contributed by atoms with Crippen LogP contribution in [-0.4, -0.2) is 55.9 Å². The largest absolute Gasteiger partial charge is 0.481 e. The van der Waals surface area contributed by atoms with Crippen LogP contribution in [0.4, 0.5) is 0 Å². The topological polar surface area (TPSA) is 118 Å². The lowest BCUT2D eigenvalue weighted by molar-refractivity contribution is -0.140. The van der Waals surface area contributed by atoms with Crippen molar-refractivity contribution >= 4 is 5.97 Å². The van der Waals surface area contributed by atoms with Crippen molar-refractivity contribution in [3.05, 3.63) is 12.2 Å². The molecule has 0 amide bonds. The highest BCUT2D eigenvalue weighted by molar-refractivity contribution is 5.67. The van der Waals surface area contributed by atoms with Gasteiger partial charge in [-0.25, -0.2) is 0 Å². The van der Waals surface area contributed by atoms with E-state index in [1.54, 1.807) is 0 Å². The summed E-state index contributed by atoms with van der Waals surface area (Å²) in [5.74, 6) is -1.22. The van der Waals surface area contributed by atoms with E-state index >= 15 is 0 Å². The summed E-state index contributed by atoms with van der Waals surface area (Å²) in [6.45, 7) is 1.51. The van der Waals surface area contributed by atoms with Crippen LogP contribution >= 0.6 is 0 Å². The second-order valence-corrected chi connectivity index (χ2v) is 3.69. The Labute approximate surface area is 93.5 Å². The van der Waals surface area contributed by atoms with Gasteiger partial charge in [0, 0.05) is 6.42 Å². The van der Waals surface area contributed by atoms with Gasteiger partial charge in [0.05, 0.1) is 30.8 Å².